The minimum absolute atomic E-state index is 0.773. The molecule has 3 aromatic rings. The zero-order valence-electron chi connectivity index (χ0n) is 17.9. The van der Waals surface area contributed by atoms with E-state index in [1.54, 1.807) is 0 Å². The Morgan fingerprint density at radius 1 is 1.03 bits per heavy atom. The van der Waals surface area contributed by atoms with Crippen LogP contribution < -0.4 is 32.8 Å². The monoisotopic (exact) mass is 744 g/mol. The number of allylic oxidation sites excluding steroid dienone is 2. The van der Waals surface area contributed by atoms with Gasteiger partial charge in [-0.1, -0.05) is 38.8 Å². The highest BCUT2D eigenvalue weighted by atomic mass is 79.9. The Labute approximate surface area is 231 Å². The van der Waals surface area contributed by atoms with Gasteiger partial charge in [0.2, 0.25) is 11.5 Å². The van der Waals surface area contributed by atoms with Crippen LogP contribution >= 0.6 is 63.7 Å². The predicted molar refractivity (Wildman–Crippen MR) is 130 cm³/mol. The normalized spacial score (nSPS) is 14.9. The van der Waals surface area contributed by atoms with Crippen LogP contribution in [0, 0.1) is 10.2 Å². The zero-order chi connectivity index (χ0) is 25.4. The number of ether oxygens (including phenoxy) is 1. The second-order valence-corrected chi connectivity index (χ2v) is 11.4. The summed E-state index contributed by atoms with van der Waals surface area (Å²) in [6.07, 6.45) is 4.95. The average Bonchev–Trinajstić information content (AvgIpc) is 3.18. The van der Waals surface area contributed by atoms with Crippen molar-refractivity contribution in [1.82, 2.24) is 0 Å². The summed E-state index contributed by atoms with van der Waals surface area (Å²) < 4.78 is 52.1. The summed E-state index contributed by atoms with van der Waals surface area (Å²) in [5.74, 6) is 2.37. The van der Waals surface area contributed by atoms with Crippen LogP contribution in [0.2, 0.25) is 0 Å². The van der Waals surface area contributed by atoms with Gasteiger partial charge in [-0.3, -0.25) is 0 Å². The number of nitrogens with zero attached hydrogens (tertiary/aromatic N) is 2. The maximum atomic E-state index is 8.49. The maximum Gasteiger partial charge on any atom is 0.374 e. The van der Waals surface area contributed by atoms with Gasteiger partial charge in [-0.25, -0.2) is 18.6 Å². The molecule has 0 aliphatic carbocycles. The Morgan fingerprint density at radius 3 is 2.24 bits per heavy atom. The molecule has 0 fully saturated rings. The molecule has 0 atom stereocenters. The van der Waals surface area contributed by atoms with E-state index in [1.165, 1.54) is 0 Å². The highest BCUT2D eigenvalue weighted by Gasteiger charge is 2.27. The number of aromatic nitrogens is 1. The lowest BCUT2D eigenvalue weighted by atomic mass is 10.2. The minimum atomic E-state index is -4.94. The van der Waals surface area contributed by atoms with Crippen molar-refractivity contribution in [2.45, 2.75) is 13.3 Å². The SMILES string of the molecule is CCC(=Cc1oc2c(Br)cc(Br)cc2[n+]1C)C=C1Oc2c(Br)cc(Br)cc2N1C.[O-][Cl+3]([O-])([O-])[O-]. The van der Waals surface area contributed by atoms with Crippen LogP contribution in [0.15, 0.2) is 64.1 Å². The summed E-state index contributed by atoms with van der Waals surface area (Å²) in [6.45, 7) is 2.12. The van der Waals surface area contributed by atoms with Crippen molar-refractivity contribution >= 4 is 86.6 Å². The molecule has 0 radical (unpaired) electrons. The third-order valence-electron chi connectivity index (χ3n) is 4.80. The van der Waals surface area contributed by atoms with Crippen LogP contribution in [-0.2, 0) is 7.05 Å². The molecule has 0 amide bonds. The molecule has 0 bridgehead atoms. The Kier molecular flexibility index (Phi) is 8.92. The van der Waals surface area contributed by atoms with E-state index in [4.69, 9.17) is 27.8 Å². The molecule has 0 spiro atoms. The summed E-state index contributed by atoms with van der Waals surface area (Å²) >= 11 is 14.2. The fraction of sp³-hybridized carbons (Fsp3) is 0.190. The molecule has 0 saturated heterocycles. The standard InChI is InChI=1S/C21H17Br4N2O2.ClHO4/c1-4-11(5-18-26(2)16-9-12(22)7-14(24)20(16)28-18)6-19-27(3)17-10-13(23)8-15(25)21(17)29-19;2-1(3,4)5/h5-10H,4H2,1-3H3;(H,2,3,4,5)/q+1;/p-1. The van der Waals surface area contributed by atoms with E-state index in [0.29, 0.717) is 0 Å². The van der Waals surface area contributed by atoms with E-state index in [2.05, 4.69) is 82.8 Å². The number of benzene rings is 2. The third kappa shape index (κ3) is 6.62. The van der Waals surface area contributed by atoms with Crippen molar-refractivity contribution < 1.29 is 42.6 Å². The second kappa shape index (κ2) is 11.0. The van der Waals surface area contributed by atoms with Gasteiger partial charge >= 0.3 is 5.89 Å². The molecule has 0 unspecified atom stereocenters. The zero-order valence-corrected chi connectivity index (χ0v) is 25.0. The van der Waals surface area contributed by atoms with E-state index in [9.17, 15) is 0 Å². The van der Waals surface area contributed by atoms with E-state index in [-0.39, 0.29) is 0 Å². The van der Waals surface area contributed by atoms with Gasteiger partial charge in [0.1, 0.15) is 7.05 Å². The molecule has 8 nitrogen and oxygen atoms in total. The quantitative estimate of drug-likeness (QED) is 0.378. The first-order chi connectivity index (χ1) is 15.8. The van der Waals surface area contributed by atoms with Gasteiger partial charge < -0.3 is 14.1 Å². The fourth-order valence-electron chi connectivity index (χ4n) is 3.19. The number of halogens is 5. The lowest BCUT2D eigenvalue weighted by Crippen LogP contribution is -2.68. The van der Waals surface area contributed by atoms with Crippen molar-refractivity contribution in [2.24, 2.45) is 7.05 Å². The van der Waals surface area contributed by atoms with Crippen molar-refractivity contribution in [3.8, 4) is 5.75 Å². The number of anilines is 1. The first-order valence-corrected chi connectivity index (χ1v) is 13.9. The molecule has 13 heteroatoms. The molecule has 34 heavy (non-hydrogen) atoms. The first kappa shape index (κ1) is 27.6. The van der Waals surface area contributed by atoms with E-state index in [1.807, 2.05) is 47.8 Å². The molecule has 2 aromatic carbocycles. The summed E-state index contributed by atoms with van der Waals surface area (Å²) in [5.41, 5.74) is 3.94. The molecule has 1 aromatic heterocycles. The number of aryl methyl sites for hydroxylation is 1. The lowest BCUT2D eigenvalue weighted by Gasteiger charge is -2.17. The van der Waals surface area contributed by atoms with Crippen LogP contribution in [0.4, 0.5) is 5.69 Å². The number of fused-ring (bicyclic) bond motifs is 2. The number of hydrogen-bond acceptors (Lipinski definition) is 7. The van der Waals surface area contributed by atoms with E-state index >= 15 is 0 Å². The van der Waals surface area contributed by atoms with Crippen LogP contribution in [0.5, 0.6) is 5.75 Å². The Morgan fingerprint density at radius 2 is 1.62 bits per heavy atom. The van der Waals surface area contributed by atoms with Crippen LogP contribution in [-0.4, -0.2) is 7.05 Å². The van der Waals surface area contributed by atoms with E-state index in [0.717, 1.165) is 64.2 Å². The summed E-state index contributed by atoms with van der Waals surface area (Å²) in [5, 5.41) is 0. The molecule has 4 rings (SSSR count). The van der Waals surface area contributed by atoms with Crippen LogP contribution in [0.25, 0.3) is 17.2 Å². The molecule has 0 N–H and O–H groups in total. The average molecular weight is 748 g/mol. The number of oxazole rings is 1. The topological polar surface area (TPSA) is 122 Å². The van der Waals surface area contributed by atoms with Gasteiger partial charge in [-0.2, -0.15) is 4.57 Å². The Balaban J connectivity index is 0.000000588. The van der Waals surface area contributed by atoms with Crippen molar-refractivity contribution in [3.05, 3.63) is 65.6 Å². The van der Waals surface area contributed by atoms with Crippen LogP contribution in [0.3, 0.4) is 0 Å². The largest absolute Gasteiger partial charge is 0.437 e. The summed E-state index contributed by atoms with van der Waals surface area (Å²) in [7, 11) is -0.945. The molecule has 1 aliphatic heterocycles. The maximum absolute atomic E-state index is 8.49. The molecule has 182 valence electrons. The molecule has 0 saturated carbocycles. The summed E-state index contributed by atoms with van der Waals surface area (Å²) in [4.78, 5) is 2.04. The molecular formula is C21H17Br4ClN2O6. The van der Waals surface area contributed by atoms with E-state index < -0.39 is 10.2 Å². The molecule has 1 aliphatic rings. The minimum Gasteiger partial charge on any atom is -0.437 e. The van der Waals surface area contributed by atoms with Gasteiger partial charge in [-0.15, -0.1) is 10.2 Å². The van der Waals surface area contributed by atoms with Gasteiger partial charge in [0.25, 0.3) is 5.52 Å². The predicted octanol–water partition coefficient (Wildman–Crippen LogP) is 2.71. The van der Waals surface area contributed by atoms with Crippen LogP contribution in [0.1, 0.15) is 19.2 Å². The molecular weight excluding hydrogens is 731 g/mol. The highest BCUT2D eigenvalue weighted by molar-refractivity contribution is 9.11. The third-order valence-corrected chi connectivity index (χ3v) is 6.89. The van der Waals surface area contributed by atoms with Crippen molar-refractivity contribution in [3.63, 3.8) is 0 Å². The van der Waals surface area contributed by atoms with Crippen molar-refractivity contribution in [2.75, 3.05) is 11.9 Å². The fourth-order valence-corrected chi connectivity index (χ4v) is 5.76. The number of hydrogen-bond donors (Lipinski definition) is 0. The number of rotatable bonds is 3. The lowest BCUT2D eigenvalue weighted by molar-refractivity contribution is -2.00. The second-order valence-electron chi connectivity index (χ2n) is 7.07. The van der Waals surface area contributed by atoms with Gasteiger partial charge in [0.05, 0.1) is 20.7 Å². The summed E-state index contributed by atoms with van der Waals surface area (Å²) in [6, 6.07) is 8.06. The first-order valence-electron chi connectivity index (χ1n) is 9.50. The van der Waals surface area contributed by atoms with Crippen molar-refractivity contribution in [1.29, 1.82) is 0 Å². The molecule has 2 heterocycles. The Bertz CT molecular complexity index is 1300. The Hall–Kier alpha value is -0.960. The van der Waals surface area contributed by atoms with Gasteiger partial charge in [-0.05, 0) is 62.1 Å². The smallest absolute Gasteiger partial charge is 0.374 e. The highest BCUT2D eigenvalue weighted by Crippen LogP contribution is 2.45. The van der Waals surface area contributed by atoms with Gasteiger partial charge in [0.15, 0.2) is 5.75 Å². The van der Waals surface area contributed by atoms with Gasteiger partial charge in [0, 0.05) is 28.1 Å².